The van der Waals surface area contributed by atoms with Crippen molar-refractivity contribution in [2.45, 2.75) is 46.6 Å². The molecule has 0 saturated heterocycles. The van der Waals surface area contributed by atoms with E-state index in [9.17, 15) is 9.59 Å². The summed E-state index contributed by atoms with van der Waals surface area (Å²) in [5.41, 5.74) is -0.630. The molecular weight excluding hydrogens is 258 g/mol. The predicted octanol–water partition coefficient (Wildman–Crippen LogP) is 2.32. The zero-order valence-corrected chi connectivity index (χ0v) is 12.7. The number of carboxylic acid groups (broad SMARTS) is 1. The number of anilines is 1. The second-order valence-corrected chi connectivity index (χ2v) is 6.01. The van der Waals surface area contributed by atoms with Gasteiger partial charge in [0.15, 0.2) is 5.54 Å². The zero-order chi connectivity index (χ0) is 15.5. The molecule has 0 radical (unpaired) electrons. The fraction of sp³-hybridized carbons (Fsp3) is 0.643. The summed E-state index contributed by atoms with van der Waals surface area (Å²) < 4.78 is 1.33. The van der Waals surface area contributed by atoms with Crippen LogP contribution in [0.3, 0.4) is 0 Å². The summed E-state index contributed by atoms with van der Waals surface area (Å²) in [6.45, 7) is 9.28. The van der Waals surface area contributed by atoms with E-state index in [1.165, 1.54) is 17.1 Å². The summed E-state index contributed by atoms with van der Waals surface area (Å²) in [6, 6.07) is 0. The Morgan fingerprint density at radius 1 is 1.40 bits per heavy atom. The Hall–Kier alpha value is -1.85. The molecule has 1 rings (SSSR count). The summed E-state index contributed by atoms with van der Waals surface area (Å²) in [6.07, 6.45) is 3.43. The lowest BCUT2D eigenvalue weighted by atomic mass is 9.94. The molecule has 0 aliphatic heterocycles. The number of aliphatic carboxylic acids is 1. The monoisotopic (exact) mass is 281 g/mol. The van der Waals surface area contributed by atoms with Gasteiger partial charge >= 0.3 is 5.97 Å². The van der Waals surface area contributed by atoms with Crippen LogP contribution in [-0.2, 0) is 15.1 Å². The molecule has 0 aliphatic carbocycles. The Morgan fingerprint density at radius 3 is 2.50 bits per heavy atom. The molecule has 112 valence electrons. The average molecular weight is 281 g/mol. The lowest BCUT2D eigenvalue weighted by Crippen LogP contribution is -2.35. The molecule has 0 saturated carbocycles. The Bertz CT molecular complexity index is 492. The highest BCUT2D eigenvalue weighted by Gasteiger charge is 2.30. The van der Waals surface area contributed by atoms with Gasteiger partial charge in [-0.25, -0.2) is 4.79 Å². The number of hydrogen-bond acceptors (Lipinski definition) is 3. The van der Waals surface area contributed by atoms with Crippen LogP contribution in [0.2, 0.25) is 0 Å². The second kappa shape index (κ2) is 6.07. The number of carboxylic acids is 1. The molecule has 1 atom stereocenters. The van der Waals surface area contributed by atoms with Crippen molar-refractivity contribution >= 4 is 17.6 Å². The minimum Gasteiger partial charge on any atom is -0.479 e. The molecule has 0 fully saturated rings. The van der Waals surface area contributed by atoms with Gasteiger partial charge in [-0.05, 0) is 25.7 Å². The van der Waals surface area contributed by atoms with Gasteiger partial charge in [0, 0.05) is 12.6 Å². The van der Waals surface area contributed by atoms with Crippen LogP contribution in [0.15, 0.2) is 12.4 Å². The van der Waals surface area contributed by atoms with E-state index in [4.69, 9.17) is 5.11 Å². The van der Waals surface area contributed by atoms with Crippen molar-refractivity contribution < 1.29 is 14.7 Å². The second-order valence-electron chi connectivity index (χ2n) is 6.01. The van der Waals surface area contributed by atoms with E-state index in [-0.39, 0.29) is 5.91 Å². The summed E-state index contributed by atoms with van der Waals surface area (Å²) in [4.78, 5) is 23.0. The van der Waals surface area contributed by atoms with Crippen LogP contribution in [0.1, 0.15) is 41.0 Å². The fourth-order valence-corrected chi connectivity index (χ4v) is 1.53. The van der Waals surface area contributed by atoms with E-state index in [2.05, 4.69) is 24.3 Å². The van der Waals surface area contributed by atoms with Crippen molar-refractivity contribution in [3.8, 4) is 0 Å². The molecule has 1 amide bonds. The van der Waals surface area contributed by atoms with Crippen molar-refractivity contribution in [3.05, 3.63) is 12.4 Å². The number of nitrogens with zero attached hydrogens (tertiary/aromatic N) is 2. The van der Waals surface area contributed by atoms with Gasteiger partial charge in [-0.15, -0.1) is 0 Å². The van der Waals surface area contributed by atoms with Gasteiger partial charge in [-0.3, -0.25) is 9.48 Å². The molecule has 1 unspecified atom stereocenters. The molecule has 0 spiro atoms. The quantitative estimate of drug-likeness (QED) is 0.838. The van der Waals surface area contributed by atoms with Gasteiger partial charge in [0.25, 0.3) is 0 Å². The van der Waals surface area contributed by atoms with Crippen LogP contribution in [0.5, 0.6) is 0 Å². The number of carbonyl (C=O) groups excluding carboxylic acids is 1. The van der Waals surface area contributed by atoms with Crippen molar-refractivity contribution in [1.82, 2.24) is 9.78 Å². The van der Waals surface area contributed by atoms with E-state index in [1.54, 1.807) is 13.8 Å². The Balaban J connectivity index is 2.70. The summed E-state index contributed by atoms with van der Waals surface area (Å²) in [7, 11) is 0. The third kappa shape index (κ3) is 3.82. The van der Waals surface area contributed by atoms with Gasteiger partial charge in [0.2, 0.25) is 5.91 Å². The van der Waals surface area contributed by atoms with Crippen molar-refractivity contribution in [2.75, 3.05) is 5.32 Å². The van der Waals surface area contributed by atoms with Crippen LogP contribution < -0.4 is 5.32 Å². The maximum atomic E-state index is 11.9. The number of rotatable bonds is 6. The third-order valence-electron chi connectivity index (χ3n) is 3.61. The maximum Gasteiger partial charge on any atom is 0.331 e. The predicted molar refractivity (Wildman–Crippen MR) is 76.4 cm³/mol. The van der Waals surface area contributed by atoms with Crippen LogP contribution in [0.25, 0.3) is 0 Å². The van der Waals surface area contributed by atoms with Crippen molar-refractivity contribution in [1.29, 1.82) is 0 Å². The topological polar surface area (TPSA) is 84.2 Å². The first-order valence-corrected chi connectivity index (χ1v) is 6.73. The third-order valence-corrected chi connectivity index (χ3v) is 3.61. The molecule has 1 aromatic heterocycles. The van der Waals surface area contributed by atoms with E-state index < -0.39 is 11.5 Å². The molecule has 1 heterocycles. The minimum atomic E-state index is -1.14. The van der Waals surface area contributed by atoms with E-state index in [1.807, 2.05) is 6.92 Å². The molecule has 0 aromatic carbocycles. The van der Waals surface area contributed by atoms with Gasteiger partial charge in [-0.2, -0.15) is 5.10 Å². The van der Waals surface area contributed by atoms with E-state index >= 15 is 0 Å². The Labute approximate surface area is 119 Å². The Morgan fingerprint density at radius 2 is 2.00 bits per heavy atom. The normalized spacial score (nSPS) is 13.3. The van der Waals surface area contributed by atoms with Gasteiger partial charge < -0.3 is 10.4 Å². The van der Waals surface area contributed by atoms with Crippen molar-refractivity contribution in [3.63, 3.8) is 0 Å². The van der Waals surface area contributed by atoms with Gasteiger partial charge in [0.05, 0.1) is 11.9 Å². The van der Waals surface area contributed by atoms with E-state index in [0.29, 0.717) is 23.9 Å². The fourth-order valence-electron chi connectivity index (χ4n) is 1.53. The number of hydrogen-bond donors (Lipinski definition) is 2. The molecule has 0 aliphatic rings. The lowest BCUT2D eigenvalue weighted by Gasteiger charge is -2.19. The van der Waals surface area contributed by atoms with Crippen LogP contribution >= 0.6 is 0 Å². The molecule has 20 heavy (non-hydrogen) atoms. The summed E-state index contributed by atoms with van der Waals surface area (Å²) in [5, 5.41) is 15.9. The first-order chi connectivity index (χ1) is 9.14. The highest BCUT2D eigenvalue weighted by atomic mass is 16.4. The van der Waals surface area contributed by atoms with Crippen molar-refractivity contribution in [2.24, 2.45) is 11.8 Å². The molecule has 1 aromatic rings. The van der Waals surface area contributed by atoms with E-state index in [0.717, 1.165) is 0 Å². The average Bonchev–Trinajstić information content (AvgIpc) is 2.77. The van der Waals surface area contributed by atoms with Crippen LogP contribution in [0, 0.1) is 11.8 Å². The first kappa shape index (κ1) is 16.2. The Kier molecular flexibility index (Phi) is 4.92. The zero-order valence-electron chi connectivity index (χ0n) is 12.7. The molecular formula is C14H23N3O3. The molecule has 6 heteroatoms. The molecule has 0 bridgehead atoms. The first-order valence-electron chi connectivity index (χ1n) is 6.73. The SMILES string of the molecule is CC(C)C(C)CC(=O)Nc1cnn(C(C)(C)C(=O)O)c1. The van der Waals surface area contributed by atoms with Gasteiger partial charge in [0.1, 0.15) is 0 Å². The highest BCUT2D eigenvalue weighted by molar-refractivity contribution is 5.90. The maximum absolute atomic E-state index is 11.9. The summed E-state index contributed by atoms with van der Waals surface area (Å²) in [5.74, 6) is -0.333. The highest BCUT2D eigenvalue weighted by Crippen LogP contribution is 2.19. The largest absolute Gasteiger partial charge is 0.479 e. The van der Waals surface area contributed by atoms with Crippen LogP contribution in [0.4, 0.5) is 5.69 Å². The standard InChI is InChI=1S/C14H23N3O3/c1-9(2)10(3)6-12(18)16-11-7-15-17(8-11)14(4,5)13(19)20/h7-10H,6H2,1-5H3,(H,16,18)(H,19,20). The molecule has 2 N–H and O–H groups in total. The number of carbonyl (C=O) groups is 2. The summed E-state index contributed by atoms with van der Waals surface area (Å²) >= 11 is 0. The molecule has 6 nitrogen and oxygen atoms in total. The number of amides is 1. The smallest absolute Gasteiger partial charge is 0.331 e. The minimum absolute atomic E-state index is 0.0844. The number of nitrogens with one attached hydrogen (secondary N) is 1. The van der Waals surface area contributed by atoms with Crippen LogP contribution in [-0.4, -0.2) is 26.8 Å². The lowest BCUT2D eigenvalue weighted by molar-refractivity contribution is -0.146. The van der Waals surface area contributed by atoms with Gasteiger partial charge in [-0.1, -0.05) is 20.8 Å². The number of aromatic nitrogens is 2.